The maximum atomic E-state index is 13.9. The minimum atomic E-state index is -1.13. The number of benzene rings is 1. The molecule has 0 aliphatic heterocycles. The van der Waals surface area contributed by atoms with Crippen LogP contribution in [0.15, 0.2) is 30.3 Å². The van der Waals surface area contributed by atoms with E-state index in [0.717, 1.165) is 44.3 Å². The zero-order chi connectivity index (χ0) is 34.1. The summed E-state index contributed by atoms with van der Waals surface area (Å²) in [6, 6.07) is 7.92. The monoisotopic (exact) mass is 640 g/mol. The number of hydrogen-bond donors (Lipinski definition) is 4. The Labute approximate surface area is 277 Å². The van der Waals surface area contributed by atoms with Gasteiger partial charge in [-0.25, -0.2) is 0 Å². The second-order valence-corrected chi connectivity index (χ2v) is 13.5. The van der Waals surface area contributed by atoms with E-state index in [2.05, 4.69) is 34.3 Å². The van der Waals surface area contributed by atoms with Gasteiger partial charge in [-0.3, -0.25) is 14.4 Å². The molecule has 5 atom stereocenters. The highest BCUT2D eigenvalue weighted by molar-refractivity contribution is 5.91. The Kier molecular flexibility index (Phi) is 18.0. The van der Waals surface area contributed by atoms with Gasteiger partial charge in [0, 0.05) is 33.0 Å². The molecule has 258 valence electrons. The van der Waals surface area contributed by atoms with Crippen LogP contribution in [-0.4, -0.2) is 95.8 Å². The van der Waals surface area contributed by atoms with E-state index in [1.54, 1.807) is 18.9 Å². The minimum absolute atomic E-state index is 0.00523. The molecule has 0 saturated heterocycles. The van der Waals surface area contributed by atoms with Gasteiger partial charge < -0.3 is 30.6 Å². The van der Waals surface area contributed by atoms with E-state index < -0.39 is 42.0 Å². The van der Waals surface area contributed by atoms with Gasteiger partial charge in [0.1, 0.15) is 12.1 Å². The van der Waals surface area contributed by atoms with Gasteiger partial charge in [0.15, 0.2) is 0 Å². The number of hydrogen-bond acceptors (Lipinski definition) is 6. The van der Waals surface area contributed by atoms with Gasteiger partial charge in [0.2, 0.25) is 17.7 Å². The molecule has 46 heavy (non-hydrogen) atoms. The van der Waals surface area contributed by atoms with E-state index in [-0.39, 0.29) is 24.7 Å². The summed E-state index contributed by atoms with van der Waals surface area (Å²) in [5, 5.41) is 27.9. The lowest BCUT2D eigenvalue weighted by Gasteiger charge is -2.33. The first-order valence-corrected chi connectivity index (χ1v) is 17.3. The summed E-state index contributed by atoms with van der Waals surface area (Å²) in [6.07, 6.45) is 4.78. The standard InChI is InChI=1S/C37H60N4O5/c1-7-9-20-31(37(46)39-32(25-29-18-14-11-15-19-29)35(44)33(42)23-27(3)4)38-36(45)30(24-28-16-12-10-13-17-28)26-34(43)41(6)22-21-40(5)8-2/h10,12-13,16-17,27,29-33,35,42,44H,8,11,14-15,18-26H2,1-6H3,(H,38,45)(H,39,46)/t30?,31-,32?,33?,35+/m0/s1. The molecule has 1 aromatic carbocycles. The van der Waals surface area contributed by atoms with Crippen molar-refractivity contribution < 1.29 is 24.6 Å². The Hall–Kier alpha value is -2.93. The summed E-state index contributed by atoms with van der Waals surface area (Å²) in [4.78, 5) is 44.7. The fraction of sp³-hybridized carbons (Fsp3) is 0.703. The lowest BCUT2D eigenvalue weighted by molar-refractivity contribution is -0.137. The van der Waals surface area contributed by atoms with Gasteiger partial charge >= 0.3 is 0 Å². The molecule has 3 unspecified atom stereocenters. The second kappa shape index (κ2) is 21.0. The van der Waals surface area contributed by atoms with Crippen molar-refractivity contribution in [1.29, 1.82) is 0 Å². The largest absolute Gasteiger partial charge is 0.390 e. The summed E-state index contributed by atoms with van der Waals surface area (Å²) in [5.41, 5.74) is 0.924. The smallest absolute Gasteiger partial charge is 0.243 e. The van der Waals surface area contributed by atoms with E-state index in [1.165, 1.54) is 6.42 Å². The maximum Gasteiger partial charge on any atom is 0.243 e. The third-order valence-corrected chi connectivity index (χ3v) is 9.17. The van der Waals surface area contributed by atoms with Gasteiger partial charge in [-0.15, -0.1) is 11.8 Å². The highest BCUT2D eigenvalue weighted by Gasteiger charge is 2.34. The number of likely N-dealkylation sites (N-methyl/N-ethyl adjacent to an activating group) is 2. The molecule has 1 aromatic rings. The van der Waals surface area contributed by atoms with Crippen LogP contribution in [-0.2, 0) is 20.8 Å². The van der Waals surface area contributed by atoms with Crippen LogP contribution in [0.2, 0.25) is 0 Å². The van der Waals surface area contributed by atoms with Crippen LogP contribution < -0.4 is 10.6 Å². The molecular weight excluding hydrogens is 580 g/mol. The number of nitrogens with zero attached hydrogens (tertiary/aromatic N) is 2. The number of aliphatic hydroxyl groups excluding tert-OH is 2. The Morgan fingerprint density at radius 3 is 2.26 bits per heavy atom. The van der Waals surface area contributed by atoms with Gasteiger partial charge in [-0.1, -0.05) is 83.2 Å². The molecule has 9 nitrogen and oxygen atoms in total. The van der Waals surface area contributed by atoms with E-state index in [4.69, 9.17) is 0 Å². The average Bonchev–Trinajstić information content (AvgIpc) is 3.04. The van der Waals surface area contributed by atoms with Crippen molar-refractivity contribution in [3.05, 3.63) is 35.9 Å². The van der Waals surface area contributed by atoms with Gasteiger partial charge in [-0.05, 0) is 57.2 Å². The highest BCUT2D eigenvalue weighted by Crippen LogP contribution is 2.29. The predicted molar refractivity (Wildman–Crippen MR) is 184 cm³/mol. The molecule has 0 bridgehead atoms. The maximum absolute atomic E-state index is 13.9. The normalized spacial score (nSPS) is 16.9. The van der Waals surface area contributed by atoms with Gasteiger partial charge in [-0.2, -0.15) is 0 Å². The number of amides is 3. The number of rotatable bonds is 19. The van der Waals surface area contributed by atoms with Crippen molar-refractivity contribution in [2.24, 2.45) is 17.8 Å². The molecular formula is C37H60N4O5. The second-order valence-electron chi connectivity index (χ2n) is 13.5. The van der Waals surface area contributed by atoms with Crippen molar-refractivity contribution in [3.63, 3.8) is 0 Å². The molecule has 1 fully saturated rings. The van der Waals surface area contributed by atoms with Crippen LogP contribution >= 0.6 is 0 Å². The third kappa shape index (κ3) is 14.2. The van der Waals surface area contributed by atoms with Crippen molar-refractivity contribution in [3.8, 4) is 11.8 Å². The molecule has 2 rings (SSSR count). The van der Waals surface area contributed by atoms with E-state index in [9.17, 15) is 24.6 Å². The summed E-state index contributed by atoms with van der Waals surface area (Å²) in [7, 11) is 3.75. The Morgan fingerprint density at radius 1 is 0.978 bits per heavy atom. The number of nitrogens with one attached hydrogen (secondary N) is 2. The molecule has 0 aromatic heterocycles. The Bertz CT molecular complexity index is 1110. The zero-order valence-corrected chi connectivity index (χ0v) is 29.1. The lowest BCUT2D eigenvalue weighted by Crippen LogP contribution is -2.56. The van der Waals surface area contributed by atoms with Crippen LogP contribution in [0.3, 0.4) is 0 Å². The highest BCUT2D eigenvalue weighted by atomic mass is 16.3. The molecule has 1 saturated carbocycles. The van der Waals surface area contributed by atoms with E-state index >= 15 is 0 Å². The molecule has 1 aliphatic carbocycles. The van der Waals surface area contributed by atoms with Crippen LogP contribution in [0.5, 0.6) is 0 Å². The molecule has 0 spiro atoms. The fourth-order valence-corrected chi connectivity index (χ4v) is 6.07. The topological polar surface area (TPSA) is 122 Å². The molecule has 3 amide bonds. The average molecular weight is 641 g/mol. The predicted octanol–water partition coefficient (Wildman–Crippen LogP) is 3.77. The summed E-state index contributed by atoms with van der Waals surface area (Å²) in [6.45, 7) is 9.86. The fourth-order valence-electron chi connectivity index (χ4n) is 6.07. The Balaban J connectivity index is 2.25. The lowest BCUT2D eigenvalue weighted by atomic mass is 9.82. The minimum Gasteiger partial charge on any atom is -0.390 e. The zero-order valence-electron chi connectivity index (χ0n) is 29.1. The first-order chi connectivity index (χ1) is 21.9. The molecule has 1 aliphatic rings. The first kappa shape index (κ1) is 39.2. The van der Waals surface area contributed by atoms with Crippen molar-refractivity contribution in [2.45, 2.75) is 116 Å². The molecule has 4 N–H and O–H groups in total. The van der Waals surface area contributed by atoms with Crippen LogP contribution in [0.4, 0.5) is 0 Å². The van der Waals surface area contributed by atoms with Crippen molar-refractivity contribution in [2.75, 3.05) is 33.7 Å². The number of carbonyl (C=O) groups excluding carboxylic acids is 3. The van der Waals surface area contributed by atoms with Crippen LogP contribution in [0.1, 0.15) is 91.0 Å². The SMILES string of the molecule is CC#CC[C@H](NC(=O)C(CC(=O)N(C)CCN(C)CC)Cc1ccccc1)C(=O)NC(CC1CCCCC1)[C@@H](O)C(O)CC(C)C. The van der Waals surface area contributed by atoms with Crippen LogP contribution in [0, 0.1) is 29.6 Å². The molecule has 0 heterocycles. The van der Waals surface area contributed by atoms with Crippen molar-refractivity contribution in [1.82, 2.24) is 20.4 Å². The Morgan fingerprint density at radius 2 is 1.65 bits per heavy atom. The quantitative estimate of drug-likeness (QED) is 0.171. The molecule has 9 heteroatoms. The summed E-state index contributed by atoms with van der Waals surface area (Å²) < 4.78 is 0. The summed E-state index contributed by atoms with van der Waals surface area (Å²) >= 11 is 0. The third-order valence-electron chi connectivity index (χ3n) is 9.17. The van der Waals surface area contributed by atoms with Crippen LogP contribution in [0.25, 0.3) is 0 Å². The number of aliphatic hydroxyl groups is 2. The van der Waals surface area contributed by atoms with Gasteiger partial charge in [0.05, 0.1) is 18.1 Å². The van der Waals surface area contributed by atoms with E-state index in [0.29, 0.717) is 31.7 Å². The van der Waals surface area contributed by atoms with Crippen molar-refractivity contribution >= 4 is 17.7 Å². The van der Waals surface area contributed by atoms with E-state index in [1.807, 2.05) is 51.2 Å². The summed E-state index contributed by atoms with van der Waals surface area (Å²) in [5.74, 6) is 4.61. The molecule has 0 radical (unpaired) electrons. The van der Waals surface area contributed by atoms with Gasteiger partial charge in [0.25, 0.3) is 0 Å². The number of carbonyl (C=O) groups is 3. The first-order valence-electron chi connectivity index (χ1n) is 17.3.